The molecule has 0 saturated heterocycles. The number of methoxy groups -OCH3 is 1. The van der Waals surface area contributed by atoms with Crippen molar-refractivity contribution in [1.82, 2.24) is 14.7 Å². The molecule has 1 aromatic heterocycles. The van der Waals surface area contributed by atoms with Gasteiger partial charge in [-0.2, -0.15) is 5.10 Å². The number of anilines is 1. The summed E-state index contributed by atoms with van der Waals surface area (Å²) in [6.45, 7) is 5.08. The summed E-state index contributed by atoms with van der Waals surface area (Å²) in [5.41, 5.74) is 6.58. The highest BCUT2D eigenvalue weighted by Crippen LogP contribution is 2.36. The minimum atomic E-state index is -0.325. The van der Waals surface area contributed by atoms with Gasteiger partial charge in [0.05, 0.1) is 35.1 Å². The van der Waals surface area contributed by atoms with Crippen LogP contribution < -0.4 is 10.1 Å². The lowest BCUT2D eigenvalue weighted by atomic mass is 10.0. The number of ether oxygens (including phenoxy) is 1. The van der Waals surface area contributed by atoms with E-state index in [4.69, 9.17) is 4.74 Å². The number of aromatic nitrogens is 2. The molecule has 1 amide bonds. The van der Waals surface area contributed by atoms with E-state index in [1.165, 1.54) is 0 Å². The van der Waals surface area contributed by atoms with Gasteiger partial charge in [-0.1, -0.05) is 48.5 Å². The van der Waals surface area contributed by atoms with Gasteiger partial charge in [-0.25, -0.2) is 0 Å². The lowest BCUT2D eigenvalue weighted by Crippen LogP contribution is -2.42. The summed E-state index contributed by atoms with van der Waals surface area (Å²) in [4.78, 5) is 15.5. The van der Waals surface area contributed by atoms with Crippen molar-refractivity contribution in [1.29, 1.82) is 0 Å². The molecule has 1 aliphatic rings. The van der Waals surface area contributed by atoms with Crippen molar-refractivity contribution >= 4 is 27.5 Å². The molecule has 35 heavy (non-hydrogen) atoms. The Morgan fingerprint density at radius 1 is 1.00 bits per heavy atom. The molecule has 178 valence electrons. The Morgan fingerprint density at radius 3 is 2.46 bits per heavy atom. The van der Waals surface area contributed by atoms with Crippen LogP contribution >= 0.6 is 15.9 Å². The quantitative estimate of drug-likeness (QED) is 0.328. The van der Waals surface area contributed by atoms with Gasteiger partial charge in [0.15, 0.2) is 0 Å². The molecule has 0 radical (unpaired) electrons. The molecule has 0 unspecified atom stereocenters. The number of aryl methyl sites for hydroxylation is 1. The molecule has 1 N–H and O–H groups in total. The Morgan fingerprint density at radius 2 is 1.74 bits per heavy atom. The molecule has 4 aromatic rings. The number of carbonyl (C=O) groups excluding carboxylic acids is 1. The Labute approximate surface area is 213 Å². The molecule has 2 heterocycles. The van der Waals surface area contributed by atoms with Crippen molar-refractivity contribution in [2.24, 2.45) is 0 Å². The first kappa shape index (κ1) is 23.2. The standard InChI is InChI=1S/C28H27BrN4O2/c1-18-26(29)19(2)33(31-18)17-22-15-21(13-14-25(22)35-3)27-30-24-12-8-7-11-23(24)28(34)32(27)16-20-9-5-4-6-10-20/h4-15,27,30H,16-17H2,1-3H3/t27-/m0/s1. The normalized spacial score (nSPS) is 15.0. The van der Waals surface area contributed by atoms with Gasteiger partial charge in [0, 0.05) is 17.8 Å². The van der Waals surface area contributed by atoms with Crippen molar-refractivity contribution < 1.29 is 9.53 Å². The second-order valence-electron chi connectivity index (χ2n) is 8.72. The number of amides is 1. The Bertz CT molecular complexity index is 1380. The third kappa shape index (κ3) is 4.44. The van der Waals surface area contributed by atoms with Crippen LogP contribution in [0, 0.1) is 13.8 Å². The minimum absolute atomic E-state index is 0.00745. The van der Waals surface area contributed by atoms with Crippen LogP contribution in [0.15, 0.2) is 77.3 Å². The van der Waals surface area contributed by atoms with Crippen LogP contribution in [0.3, 0.4) is 0 Å². The van der Waals surface area contributed by atoms with E-state index < -0.39 is 0 Å². The average molecular weight is 531 g/mol. The molecule has 0 spiro atoms. The summed E-state index contributed by atoms with van der Waals surface area (Å²) in [6.07, 6.45) is -0.325. The maximum absolute atomic E-state index is 13.6. The third-order valence-electron chi connectivity index (χ3n) is 6.45. The number of hydrogen-bond acceptors (Lipinski definition) is 4. The van der Waals surface area contributed by atoms with Crippen LogP contribution in [0.5, 0.6) is 5.75 Å². The smallest absolute Gasteiger partial charge is 0.258 e. The number of rotatable bonds is 6. The summed E-state index contributed by atoms with van der Waals surface area (Å²) >= 11 is 3.62. The second-order valence-corrected chi connectivity index (χ2v) is 9.52. The van der Waals surface area contributed by atoms with E-state index in [0.29, 0.717) is 18.7 Å². The van der Waals surface area contributed by atoms with E-state index in [-0.39, 0.29) is 12.1 Å². The SMILES string of the molecule is COc1ccc([C@H]2Nc3ccccc3C(=O)N2Cc2ccccc2)cc1Cn1nc(C)c(Br)c1C. The fourth-order valence-electron chi connectivity index (χ4n) is 4.58. The van der Waals surface area contributed by atoms with Crippen LogP contribution in [0.25, 0.3) is 0 Å². The number of nitrogens with one attached hydrogen (secondary N) is 1. The summed E-state index contributed by atoms with van der Waals surface area (Å²) in [6, 6.07) is 23.9. The monoisotopic (exact) mass is 530 g/mol. The lowest BCUT2D eigenvalue weighted by Gasteiger charge is -2.38. The van der Waals surface area contributed by atoms with Crippen molar-refractivity contribution in [2.45, 2.75) is 33.1 Å². The van der Waals surface area contributed by atoms with E-state index in [1.807, 2.05) is 90.2 Å². The Kier molecular flexibility index (Phi) is 6.34. The van der Waals surface area contributed by atoms with E-state index in [1.54, 1.807) is 7.11 Å². The molecule has 0 bridgehead atoms. The van der Waals surface area contributed by atoms with Gasteiger partial charge >= 0.3 is 0 Å². The summed E-state index contributed by atoms with van der Waals surface area (Å²) in [5.74, 6) is 0.794. The van der Waals surface area contributed by atoms with Crippen LogP contribution in [-0.2, 0) is 13.1 Å². The molecule has 6 nitrogen and oxygen atoms in total. The highest BCUT2D eigenvalue weighted by Gasteiger charge is 2.33. The zero-order chi connectivity index (χ0) is 24.5. The first-order chi connectivity index (χ1) is 17.0. The zero-order valence-corrected chi connectivity index (χ0v) is 21.5. The number of para-hydroxylation sites is 1. The van der Waals surface area contributed by atoms with Crippen LogP contribution in [0.1, 0.15) is 44.6 Å². The number of carbonyl (C=O) groups is 1. The first-order valence-electron chi connectivity index (χ1n) is 11.5. The number of halogens is 1. The summed E-state index contributed by atoms with van der Waals surface area (Å²) in [5, 5.41) is 8.27. The molecule has 7 heteroatoms. The van der Waals surface area contributed by atoms with E-state index in [2.05, 4.69) is 32.4 Å². The molecule has 0 fully saturated rings. The molecular weight excluding hydrogens is 504 g/mol. The van der Waals surface area contributed by atoms with E-state index in [9.17, 15) is 4.79 Å². The zero-order valence-electron chi connectivity index (χ0n) is 20.0. The van der Waals surface area contributed by atoms with Gasteiger partial charge in [0.1, 0.15) is 11.9 Å². The first-order valence-corrected chi connectivity index (χ1v) is 12.3. The van der Waals surface area contributed by atoms with Gasteiger partial charge in [-0.05, 0) is 65.2 Å². The molecule has 0 saturated carbocycles. The van der Waals surface area contributed by atoms with Crippen molar-refractivity contribution in [2.75, 3.05) is 12.4 Å². The van der Waals surface area contributed by atoms with Gasteiger partial charge in [-0.15, -0.1) is 0 Å². The largest absolute Gasteiger partial charge is 0.496 e. The van der Waals surface area contributed by atoms with Crippen molar-refractivity contribution in [3.8, 4) is 5.75 Å². The van der Waals surface area contributed by atoms with Gasteiger partial charge < -0.3 is 15.0 Å². The predicted molar refractivity (Wildman–Crippen MR) is 141 cm³/mol. The molecular formula is C28H27BrN4O2. The van der Waals surface area contributed by atoms with Crippen LogP contribution in [0.2, 0.25) is 0 Å². The van der Waals surface area contributed by atoms with Crippen LogP contribution in [0.4, 0.5) is 5.69 Å². The number of benzene rings is 3. The second kappa shape index (κ2) is 9.58. The summed E-state index contributed by atoms with van der Waals surface area (Å²) < 4.78 is 8.66. The fourth-order valence-corrected chi connectivity index (χ4v) is 4.87. The number of nitrogens with zero attached hydrogens (tertiary/aromatic N) is 3. The highest BCUT2D eigenvalue weighted by atomic mass is 79.9. The number of hydrogen-bond donors (Lipinski definition) is 1. The molecule has 0 aliphatic carbocycles. The third-order valence-corrected chi connectivity index (χ3v) is 7.60. The molecule has 3 aromatic carbocycles. The minimum Gasteiger partial charge on any atom is -0.496 e. The predicted octanol–water partition coefficient (Wildman–Crippen LogP) is 6.09. The van der Waals surface area contributed by atoms with Crippen LogP contribution in [-0.4, -0.2) is 27.7 Å². The van der Waals surface area contributed by atoms with Gasteiger partial charge in [-0.3, -0.25) is 9.48 Å². The Balaban J connectivity index is 1.56. The summed E-state index contributed by atoms with van der Waals surface area (Å²) in [7, 11) is 1.68. The molecule has 5 rings (SSSR count). The van der Waals surface area contributed by atoms with Gasteiger partial charge in [0.2, 0.25) is 0 Å². The average Bonchev–Trinajstić information content (AvgIpc) is 3.12. The van der Waals surface area contributed by atoms with Gasteiger partial charge in [0.25, 0.3) is 5.91 Å². The van der Waals surface area contributed by atoms with E-state index in [0.717, 1.165) is 44.0 Å². The highest BCUT2D eigenvalue weighted by molar-refractivity contribution is 9.10. The fraction of sp³-hybridized carbons (Fsp3) is 0.214. The Hall–Kier alpha value is -3.58. The number of fused-ring (bicyclic) bond motifs is 1. The van der Waals surface area contributed by atoms with Crippen molar-refractivity contribution in [3.63, 3.8) is 0 Å². The van der Waals surface area contributed by atoms with E-state index >= 15 is 0 Å². The maximum atomic E-state index is 13.6. The molecule has 1 aliphatic heterocycles. The molecule has 1 atom stereocenters. The lowest BCUT2D eigenvalue weighted by molar-refractivity contribution is 0.0666. The van der Waals surface area contributed by atoms with Crippen molar-refractivity contribution in [3.05, 3.63) is 111 Å². The topological polar surface area (TPSA) is 59.4 Å². The maximum Gasteiger partial charge on any atom is 0.258 e.